The van der Waals surface area contributed by atoms with Gasteiger partial charge in [-0.15, -0.1) is 11.3 Å². The molecule has 3 heterocycles. The van der Waals surface area contributed by atoms with Crippen molar-refractivity contribution in [3.63, 3.8) is 0 Å². The molecule has 1 saturated heterocycles. The average molecular weight is 459 g/mol. The van der Waals surface area contributed by atoms with Crippen LogP contribution in [0.25, 0.3) is 0 Å². The molecule has 2 aliphatic heterocycles. The summed E-state index contributed by atoms with van der Waals surface area (Å²) in [6.07, 6.45) is -3.24. The number of amides is 4. The Morgan fingerprint density at radius 3 is 2.53 bits per heavy atom. The molecule has 2 aromatic rings. The Bertz CT molecular complexity index is 1040. The van der Waals surface area contributed by atoms with E-state index < -0.39 is 34.2 Å². The first-order chi connectivity index (χ1) is 14.1. The number of nitrogens with zero attached hydrogens (tertiary/aromatic N) is 2. The molecule has 30 heavy (non-hydrogen) atoms. The Balaban J connectivity index is 1.49. The minimum atomic E-state index is -4.59. The van der Waals surface area contributed by atoms with Gasteiger partial charge in [-0.3, -0.25) is 14.9 Å². The standard InChI is InChI=1S/C18H14ClF3N4O3S/c19-12-6-10-8-26(7-9(10)5-11(12)18(20,21)22)13(27)1-2-17(15-23-3-4-30-15)14(28)24-16(29)25-17/h3-6H,1-2,7-8H2,(H2,24,25,28,29)/t17-/m0/s1. The highest BCUT2D eigenvalue weighted by atomic mass is 35.5. The normalized spacial score (nSPS) is 20.9. The summed E-state index contributed by atoms with van der Waals surface area (Å²) in [4.78, 5) is 42.3. The smallest absolute Gasteiger partial charge is 0.334 e. The van der Waals surface area contributed by atoms with Gasteiger partial charge in [0.25, 0.3) is 5.91 Å². The van der Waals surface area contributed by atoms with Crippen molar-refractivity contribution in [3.05, 3.63) is 50.4 Å². The van der Waals surface area contributed by atoms with Crippen LogP contribution >= 0.6 is 22.9 Å². The fourth-order valence-corrected chi connectivity index (χ4v) is 4.74. The molecule has 0 spiro atoms. The molecule has 2 aliphatic rings. The molecule has 1 aromatic carbocycles. The third-order valence-electron chi connectivity index (χ3n) is 5.12. The number of nitrogens with one attached hydrogen (secondary N) is 2. The van der Waals surface area contributed by atoms with E-state index in [9.17, 15) is 27.6 Å². The van der Waals surface area contributed by atoms with Crippen molar-refractivity contribution < 1.29 is 27.6 Å². The number of carbonyl (C=O) groups is 3. The van der Waals surface area contributed by atoms with Crippen molar-refractivity contribution in [2.75, 3.05) is 0 Å². The predicted molar refractivity (Wildman–Crippen MR) is 100 cm³/mol. The van der Waals surface area contributed by atoms with E-state index in [4.69, 9.17) is 11.6 Å². The lowest BCUT2D eigenvalue weighted by molar-refractivity contribution is -0.137. The van der Waals surface area contributed by atoms with Crippen LogP contribution in [0.15, 0.2) is 23.7 Å². The molecule has 1 fully saturated rings. The van der Waals surface area contributed by atoms with Gasteiger partial charge in [0, 0.05) is 31.1 Å². The van der Waals surface area contributed by atoms with Crippen molar-refractivity contribution in [1.29, 1.82) is 0 Å². The largest absolute Gasteiger partial charge is 0.417 e. The number of rotatable bonds is 4. The number of aromatic nitrogens is 1. The monoisotopic (exact) mass is 458 g/mol. The molecule has 0 saturated carbocycles. The van der Waals surface area contributed by atoms with Crippen molar-refractivity contribution in [3.8, 4) is 0 Å². The zero-order valence-corrected chi connectivity index (χ0v) is 16.7. The average Bonchev–Trinajstić information content (AvgIpc) is 3.37. The maximum absolute atomic E-state index is 13.1. The van der Waals surface area contributed by atoms with Gasteiger partial charge in [0.05, 0.1) is 10.6 Å². The van der Waals surface area contributed by atoms with Gasteiger partial charge in [0.15, 0.2) is 5.54 Å². The Morgan fingerprint density at radius 2 is 1.97 bits per heavy atom. The van der Waals surface area contributed by atoms with Crippen LogP contribution in [0.3, 0.4) is 0 Å². The van der Waals surface area contributed by atoms with E-state index in [2.05, 4.69) is 15.6 Å². The molecule has 7 nitrogen and oxygen atoms in total. The summed E-state index contributed by atoms with van der Waals surface area (Å²) in [5.74, 6) is -0.956. The van der Waals surface area contributed by atoms with E-state index in [0.29, 0.717) is 16.1 Å². The number of benzene rings is 1. The Hall–Kier alpha value is -2.66. The van der Waals surface area contributed by atoms with E-state index in [1.54, 1.807) is 5.38 Å². The van der Waals surface area contributed by atoms with E-state index in [1.165, 1.54) is 28.5 Å². The molecule has 12 heteroatoms. The van der Waals surface area contributed by atoms with Crippen molar-refractivity contribution >= 4 is 40.8 Å². The van der Waals surface area contributed by atoms with Gasteiger partial charge in [-0.25, -0.2) is 9.78 Å². The van der Waals surface area contributed by atoms with Crippen LogP contribution in [0, 0.1) is 0 Å². The van der Waals surface area contributed by atoms with Crippen molar-refractivity contribution in [1.82, 2.24) is 20.5 Å². The number of imide groups is 1. The van der Waals surface area contributed by atoms with Crippen molar-refractivity contribution in [2.24, 2.45) is 0 Å². The van der Waals surface area contributed by atoms with Gasteiger partial charge in [0.2, 0.25) is 5.91 Å². The first-order valence-electron chi connectivity index (χ1n) is 8.80. The third kappa shape index (κ3) is 3.52. The lowest BCUT2D eigenvalue weighted by atomic mass is 9.94. The van der Waals surface area contributed by atoms with E-state index in [-0.39, 0.29) is 31.8 Å². The van der Waals surface area contributed by atoms with E-state index in [1.807, 2.05) is 0 Å². The minimum absolute atomic E-state index is 0.0111. The lowest BCUT2D eigenvalue weighted by Gasteiger charge is -2.24. The zero-order valence-electron chi connectivity index (χ0n) is 15.2. The molecule has 158 valence electrons. The molecule has 4 rings (SSSR count). The highest BCUT2D eigenvalue weighted by Crippen LogP contribution is 2.39. The second kappa shape index (κ2) is 7.24. The van der Waals surface area contributed by atoms with Crippen LogP contribution in [0.1, 0.15) is 34.5 Å². The third-order valence-corrected chi connectivity index (χ3v) is 6.37. The molecule has 0 radical (unpaired) electrons. The fourth-order valence-electron chi connectivity index (χ4n) is 3.63. The van der Waals surface area contributed by atoms with Gasteiger partial charge >= 0.3 is 12.2 Å². The van der Waals surface area contributed by atoms with Crippen LogP contribution in [-0.4, -0.2) is 27.7 Å². The number of hydrogen-bond donors (Lipinski definition) is 2. The molecule has 0 unspecified atom stereocenters. The van der Waals surface area contributed by atoms with Crippen LogP contribution < -0.4 is 10.6 Å². The van der Waals surface area contributed by atoms with Crippen LogP contribution in [0.4, 0.5) is 18.0 Å². The number of thiazole rings is 1. The maximum atomic E-state index is 13.1. The second-order valence-corrected chi connectivity index (χ2v) is 8.30. The SMILES string of the molecule is O=C1NC(=O)[C@@](CCC(=O)N2Cc3cc(Cl)c(C(F)(F)F)cc3C2)(c2nccs2)N1. The minimum Gasteiger partial charge on any atom is -0.334 e. The number of carbonyl (C=O) groups excluding carboxylic acids is 3. The molecular formula is C18H14ClF3N4O3S. The Morgan fingerprint density at radius 1 is 1.27 bits per heavy atom. The van der Waals surface area contributed by atoms with E-state index >= 15 is 0 Å². The van der Waals surface area contributed by atoms with Gasteiger partial charge in [-0.1, -0.05) is 11.6 Å². The molecule has 1 atom stereocenters. The number of hydrogen-bond acceptors (Lipinski definition) is 5. The molecule has 0 bridgehead atoms. The quantitative estimate of drug-likeness (QED) is 0.688. The predicted octanol–water partition coefficient (Wildman–Crippen LogP) is 3.17. The lowest BCUT2D eigenvalue weighted by Crippen LogP contribution is -2.44. The van der Waals surface area contributed by atoms with Gasteiger partial charge in [-0.05, 0) is 29.7 Å². The summed E-state index contributed by atoms with van der Waals surface area (Å²) in [7, 11) is 0. The summed E-state index contributed by atoms with van der Waals surface area (Å²) in [6, 6.07) is 1.52. The molecule has 4 amide bonds. The molecule has 2 N–H and O–H groups in total. The van der Waals surface area contributed by atoms with Gasteiger partial charge < -0.3 is 10.2 Å². The summed E-state index contributed by atoms with van der Waals surface area (Å²) < 4.78 is 39.2. The van der Waals surface area contributed by atoms with Crippen LogP contribution in [0.2, 0.25) is 5.02 Å². The molecular weight excluding hydrogens is 445 g/mol. The summed E-state index contributed by atoms with van der Waals surface area (Å²) in [5, 5.41) is 6.30. The Labute approximate surface area is 177 Å². The van der Waals surface area contributed by atoms with Crippen molar-refractivity contribution in [2.45, 2.75) is 37.6 Å². The first kappa shape index (κ1) is 20.6. The fraction of sp³-hybridized carbons (Fsp3) is 0.333. The van der Waals surface area contributed by atoms with Gasteiger partial charge in [-0.2, -0.15) is 13.2 Å². The summed E-state index contributed by atoms with van der Waals surface area (Å²) >= 11 is 6.93. The van der Waals surface area contributed by atoms with Gasteiger partial charge in [0.1, 0.15) is 5.01 Å². The highest BCUT2D eigenvalue weighted by Gasteiger charge is 2.50. The first-order valence-corrected chi connectivity index (χ1v) is 10.1. The van der Waals surface area contributed by atoms with Crippen LogP contribution in [0.5, 0.6) is 0 Å². The summed E-state index contributed by atoms with van der Waals surface area (Å²) in [6.45, 7) is 0.131. The summed E-state index contributed by atoms with van der Waals surface area (Å²) in [5.41, 5.74) is -1.46. The number of fused-ring (bicyclic) bond motifs is 1. The number of alkyl halides is 3. The van der Waals surface area contributed by atoms with E-state index in [0.717, 1.165) is 6.07 Å². The maximum Gasteiger partial charge on any atom is 0.417 e. The topological polar surface area (TPSA) is 91.4 Å². The number of urea groups is 1. The van der Waals surface area contributed by atoms with Crippen LogP contribution in [-0.2, 0) is 34.4 Å². The molecule has 1 aromatic heterocycles. The highest BCUT2D eigenvalue weighted by molar-refractivity contribution is 7.09. The Kier molecular flexibility index (Phi) is 4.97. The number of halogens is 4. The second-order valence-electron chi connectivity index (χ2n) is 7.00. The zero-order chi connectivity index (χ0) is 21.7. The molecule has 0 aliphatic carbocycles.